The van der Waals surface area contributed by atoms with E-state index in [0.29, 0.717) is 0 Å². The van der Waals surface area contributed by atoms with Crippen LogP contribution in [0.15, 0.2) is 21.1 Å². The third-order valence-corrected chi connectivity index (χ3v) is 5.11. The number of nitrogens with zero attached hydrogens (tertiary/aromatic N) is 3. The van der Waals surface area contributed by atoms with E-state index in [-0.39, 0.29) is 11.9 Å². The van der Waals surface area contributed by atoms with Crippen LogP contribution in [-0.4, -0.2) is 53.1 Å². The molecule has 0 radical (unpaired) electrons. The largest absolute Gasteiger partial charge is 0.409 e. The summed E-state index contributed by atoms with van der Waals surface area (Å²) in [6.45, 7) is 6.90. The van der Waals surface area contributed by atoms with Crippen LogP contribution in [0.5, 0.6) is 0 Å². The molecule has 2 heterocycles. The van der Waals surface area contributed by atoms with E-state index in [4.69, 9.17) is 10.9 Å². The lowest BCUT2D eigenvalue weighted by Crippen LogP contribution is -2.52. The van der Waals surface area contributed by atoms with Crippen molar-refractivity contribution in [3.8, 4) is 0 Å². The molecule has 0 amide bonds. The molecular formula is C12H19BrN4OS. The molecule has 2 rings (SSSR count). The van der Waals surface area contributed by atoms with Crippen molar-refractivity contribution in [3.63, 3.8) is 0 Å². The van der Waals surface area contributed by atoms with Crippen LogP contribution in [0.25, 0.3) is 0 Å². The van der Waals surface area contributed by atoms with Gasteiger partial charge in [0.25, 0.3) is 0 Å². The molecule has 1 unspecified atom stereocenters. The third kappa shape index (κ3) is 3.92. The minimum atomic E-state index is 0.00281. The molecule has 7 heteroatoms. The third-order valence-electron chi connectivity index (χ3n) is 3.51. The van der Waals surface area contributed by atoms with Crippen LogP contribution >= 0.6 is 27.3 Å². The number of halogens is 1. The van der Waals surface area contributed by atoms with E-state index in [1.165, 1.54) is 8.66 Å². The van der Waals surface area contributed by atoms with Gasteiger partial charge in [-0.05, 0) is 35.0 Å². The number of nitrogens with two attached hydrogens (primary N) is 1. The van der Waals surface area contributed by atoms with Gasteiger partial charge in [-0.2, -0.15) is 0 Å². The number of hydrogen-bond acceptors (Lipinski definition) is 5. The molecule has 5 nitrogen and oxygen atoms in total. The first-order valence-electron chi connectivity index (χ1n) is 6.28. The number of oxime groups is 1. The monoisotopic (exact) mass is 346 g/mol. The van der Waals surface area contributed by atoms with Crippen molar-refractivity contribution in [3.05, 3.63) is 20.8 Å². The quantitative estimate of drug-likeness (QED) is 0.377. The molecule has 0 spiro atoms. The Bertz CT molecular complexity index is 443. The molecule has 1 aromatic heterocycles. The lowest BCUT2D eigenvalue weighted by Gasteiger charge is -2.37. The molecule has 1 atom stereocenters. The van der Waals surface area contributed by atoms with E-state index in [0.717, 1.165) is 32.7 Å². The van der Waals surface area contributed by atoms with Crippen molar-refractivity contribution in [2.24, 2.45) is 10.9 Å². The second-order valence-corrected chi connectivity index (χ2v) is 7.27. The summed E-state index contributed by atoms with van der Waals surface area (Å²) in [4.78, 5) is 6.06. The number of piperazine rings is 1. The Morgan fingerprint density at radius 2 is 2.16 bits per heavy atom. The average molecular weight is 347 g/mol. The van der Waals surface area contributed by atoms with Crippen molar-refractivity contribution in [2.45, 2.75) is 19.5 Å². The molecule has 1 fully saturated rings. The predicted octanol–water partition coefficient (Wildman–Crippen LogP) is 1.76. The van der Waals surface area contributed by atoms with Gasteiger partial charge in [0.1, 0.15) is 0 Å². The van der Waals surface area contributed by atoms with Crippen molar-refractivity contribution < 1.29 is 5.21 Å². The Hall–Kier alpha value is -0.630. The first-order valence-corrected chi connectivity index (χ1v) is 7.89. The molecule has 1 aliphatic heterocycles. The van der Waals surface area contributed by atoms with Gasteiger partial charge in [-0.15, -0.1) is 11.3 Å². The van der Waals surface area contributed by atoms with Crippen molar-refractivity contribution in [1.29, 1.82) is 0 Å². The van der Waals surface area contributed by atoms with Crippen LogP contribution in [-0.2, 0) is 6.54 Å². The second kappa shape index (κ2) is 6.69. The zero-order chi connectivity index (χ0) is 13.8. The molecule has 0 saturated carbocycles. The summed E-state index contributed by atoms with van der Waals surface area (Å²) in [5.74, 6) is 0.288. The number of hydrogen-bond donors (Lipinski definition) is 2. The standard InChI is InChI=1S/C12H19BrN4OS/c1-9(12(14)15-18)17-6-4-16(5-7-17)8-10-2-3-11(13)19-10/h2-3,9,18H,4-8H2,1H3,(H2,14,15). The maximum Gasteiger partial charge on any atom is 0.156 e. The van der Waals surface area contributed by atoms with Gasteiger partial charge in [-0.25, -0.2) is 0 Å². The molecule has 106 valence electrons. The van der Waals surface area contributed by atoms with Crippen LogP contribution < -0.4 is 5.73 Å². The Morgan fingerprint density at radius 1 is 1.47 bits per heavy atom. The number of rotatable bonds is 4. The van der Waals surface area contributed by atoms with Gasteiger partial charge >= 0.3 is 0 Å². The molecule has 0 aliphatic carbocycles. The summed E-state index contributed by atoms with van der Waals surface area (Å²) in [5.41, 5.74) is 5.65. The van der Waals surface area contributed by atoms with Gasteiger partial charge in [-0.3, -0.25) is 9.80 Å². The summed E-state index contributed by atoms with van der Waals surface area (Å²) >= 11 is 5.28. The number of thiophene rings is 1. The molecular weight excluding hydrogens is 328 g/mol. The van der Waals surface area contributed by atoms with Crippen LogP contribution in [0.1, 0.15) is 11.8 Å². The van der Waals surface area contributed by atoms with Gasteiger partial charge < -0.3 is 10.9 Å². The molecule has 1 saturated heterocycles. The predicted molar refractivity (Wildman–Crippen MR) is 81.7 cm³/mol. The molecule has 0 aromatic carbocycles. The zero-order valence-corrected chi connectivity index (χ0v) is 13.3. The molecule has 19 heavy (non-hydrogen) atoms. The van der Waals surface area contributed by atoms with E-state index in [9.17, 15) is 0 Å². The molecule has 3 N–H and O–H groups in total. The number of amidine groups is 1. The fraction of sp³-hybridized carbons (Fsp3) is 0.583. The highest BCUT2D eigenvalue weighted by Gasteiger charge is 2.23. The van der Waals surface area contributed by atoms with Crippen LogP contribution in [0.2, 0.25) is 0 Å². The smallest absolute Gasteiger partial charge is 0.156 e. The lowest BCUT2D eigenvalue weighted by molar-refractivity contribution is 0.117. The first-order chi connectivity index (χ1) is 9.10. The van der Waals surface area contributed by atoms with Crippen LogP contribution in [0.3, 0.4) is 0 Å². The van der Waals surface area contributed by atoms with Gasteiger partial charge in [0.15, 0.2) is 5.84 Å². The molecule has 0 bridgehead atoms. The average Bonchev–Trinajstić information content (AvgIpc) is 2.83. The van der Waals surface area contributed by atoms with Gasteiger partial charge in [0, 0.05) is 37.6 Å². The highest BCUT2D eigenvalue weighted by atomic mass is 79.9. The highest BCUT2D eigenvalue weighted by molar-refractivity contribution is 9.11. The van der Waals surface area contributed by atoms with E-state index in [1.807, 2.05) is 6.92 Å². The summed E-state index contributed by atoms with van der Waals surface area (Å²) < 4.78 is 1.18. The maximum atomic E-state index is 8.71. The van der Waals surface area contributed by atoms with Crippen molar-refractivity contribution in [2.75, 3.05) is 26.2 Å². The lowest BCUT2D eigenvalue weighted by atomic mass is 10.2. The Morgan fingerprint density at radius 3 is 2.68 bits per heavy atom. The Kier molecular flexibility index (Phi) is 5.20. The normalized spacial score (nSPS) is 20.6. The summed E-state index contributed by atoms with van der Waals surface area (Å²) in [5, 5.41) is 11.8. The molecule has 1 aromatic rings. The summed E-state index contributed by atoms with van der Waals surface area (Å²) in [6.07, 6.45) is 0. The highest BCUT2D eigenvalue weighted by Crippen LogP contribution is 2.23. The van der Waals surface area contributed by atoms with Crippen molar-refractivity contribution >= 4 is 33.1 Å². The topological polar surface area (TPSA) is 65.1 Å². The maximum absolute atomic E-state index is 8.71. The summed E-state index contributed by atoms with van der Waals surface area (Å²) in [6, 6.07) is 4.26. The fourth-order valence-electron chi connectivity index (χ4n) is 2.24. The van der Waals surface area contributed by atoms with E-state index >= 15 is 0 Å². The van der Waals surface area contributed by atoms with Gasteiger partial charge in [-0.1, -0.05) is 5.16 Å². The molecule has 1 aliphatic rings. The Labute approximate surface area is 125 Å². The van der Waals surface area contributed by atoms with E-state index < -0.39 is 0 Å². The van der Waals surface area contributed by atoms with Gasteiger partial charge in [0.2, 0.25) is 0 Å². The van der Waals surface area contributed by atoms with E-state index in [1.54, 1.807) is 11.3 Å². The fourth-order valence-corrected chi connectivity index (χ4v) is 3.76. The first kappa shape index (κ1) is 14.8. The van der Waals surface area contributed by atoms with E-state index in [2.05, 4.69) is 43.0 Å². The minimum Gasteiger partial charge on any atom is -0.409 e. The minimum absolute atomic E-state index is 0.00281. The van der Waals surface area contributed by atoms with Gasteiger partial charge in [0.05, 0.1) is 9.83 Å². The Balaban J connectivity index is 1.82. The van der Waals surface area contributed by atoms with Crippen LogP contribution in [0.4, 0.5) is 0 Å². The van der Waals surface area contributed by atoms with Crippen LogP contribution in [0, 0.1) is 0 Å². The zero-order valence-electron chi connectivity index (χ0n) is 10.9. The second-order valence-electron chi connectivity index (χ2n) is 4.72. The van der Waals surface area contributed by atoms with Crippen molar-refractivity contribution in [1.82, 2.24) is 9.80 Å². The SMILES string of the molecule is CC(C(N)=NO)N1CCN(Cc2ccc(Br)s2)CC1. The summed E-state index contributed by atoms with van der Waals surface area (Å²) in [7, 11) is 0.